The van der Waals surface area contributed by atoms with E-state index in [4.69, 9.17) is 4.74 Å². The molecule has 3 heteroatoms. The molecule has 1 aromatic carbocycles. The van der Waals surface area contributed by atoms with Gasteiger partial charge in [0.15, 0.2) is 0 Å². The van der Waals surface area contributed by atoms with E-state index in [1.807, 2.05) is 0 Å². The van der Waals surface area contributed by atoms with Crippen molar-refractivity contribution in [2.45, 2.75) is 26.4 Å². The van der Waals surface area contributed by atoms with Crippen molar-refractivity contribution in [2.24, 2.45) is 0 Å². The summed E-state index contributed by atoms with van der Waals surface area (Å²) in [5.41, 5.74) is 2.58. The summed E-state index contributed by atoms with van der Waals surface area (Å²) >= 11 is 3.49. The van der Waals surface area contributed by atoms with E-state index in [1.54, 1.807) is 7.11 Å². The maximum Gasteiger partial charge on any atom is 0.0613 e. The average molecular weight is 272 g/mol. The molecule has 0 radical (unpaired) electrons. The van der Waals surface area contributed by atoms with Gasteiger partial charge in [-0.3, -0.25) is 0 Å². The van der Waals surface area contributed by atoms with Crippen molar-refractivity contribution in [1.29, 1.82) is 0 Å². The molecule has 0 spiro atoms. The first-order chi connectivity index (χ1) is 7.13. The Morgan fingerprint density at radius 3 is 2.80 bits per heavy atom. The van der Waals surface area contributed by atoms with Crippen molar-refractivity contribution in [3.8, 4) is 0 Å². The maximum absolute atomic E-state index is 5.06. The highest BCUT2D eigenvalue weighted by Gasteiger charge is 2.01. The molecule has 84 valence electrons. The number of methoxy groups -OCH3 is 1. The zero-order valence-electron chi connectivity index (χ0n) is 9.51. The molecule has 1 unspecified atom stereocenters. The predicted octanol–water partition coefficient (Wildman–Crippen LogP) is 2.88. The van der Waals surface area contributed by atoms with Crippen LogP contribution in [0.1, 0.15) is 18.1 Å². The van der Waals surface area contributed by atoms with Gasteiger partial charge in [-0.1, -0.05) is 28.1 Å². The fourth-order valence-electron chi connectivity index (χ4n) is 1.42. The van der Waals surface area contributed by atoms with Gasteiger partial charge in [-0.05, 0) is 31.0 Å². The van der Waals surface area contributed by atoms with Crippen molar-refractivity contribution in [3.05, 3.63) is 33.8 Å². The molecule has 0 aliphatic heterocycles. The van der Waals surface area contributed by atoms with E-state index < -0.39 is 0 Å². The number of benzene rings is 1. The lowest BCUT2D eigenvalue weighted by Crippen LogP contribution is -2.29. The van der Waals surface area contributed by atoms with Gasteiger partial charge in [0.05, 0.1) is 6.61 Å². The molecule has 0 aliphatic carbocycles. The number of aryl methyl sites for hydroxylation is 1. The van der Waals surface area contributed by atoms with Crippen molar-refractivity contribution in [2.75, 3.05) is 13.7 Å². The van der Waals surface area contributed by atoms with Crippen LogP contribution in [0.2, 0.25) is 0 Å². The summed E-state index contributed by atoms with van der Waals surface area (Å²) in [5.74, 6) is 0. The SMILES string of the molecule is COCC(C)NCc1ccc(Br)c(C)c1. The molecule has 1 rings (SSSR count). The first-order valence-electron chi connectivity index (χ1n) is 5.11. The molecule has 0 fully saturated rings. The van der Waals surface area contributed by atoms with E-state index in [2.05, 4.69) is 53.3 Å². The van der Waals surface area contributed by atoms with Crippen LogP contribution in [0.3, 0.4) is 0 Å². The van der Waals surface area contributed by atoms with Crippen LogP contribution < -0.4 is 5.32 Å². The van der Waals surface area contributed by atoms with Gasteiger partial charge in [0.25, 0.3) is 0 Å². The van der Waals surface area contributed by atoms with E-state index in [-0.39, 0.29) is 0 Å². The Bertz CT molecular complexity index is 314. The molecule has 1 aromatic rings. The van der Waals surface area contributed by atoms with Crippen molar-refractivity contribution in [1.82, 2.24) is 5.32 Å². The number of nitrogens with one attached hydrogen (secondary N) is 1. The lowest BCUT2D eigenvalue weighted by atomic mass is 10.1. The standard InChI is InChI=1S/C12H18BrNO/c1-9-6-11(4-5-12(9)13)7-14-10(2)8-15-3/h4-6,10,14H,7-8H2,1-3H3. The van der Waals surface area contributed by atoms with Gasteiger partial charge in [-0.15, -0.1) is 0 Å². The van der Waals surface area contributed by atoms with Crippen LogP contribution in [0.15, 0.2) is 22.7 Å². The largest absolute Gasteiger partial charge is 0.383 e. The molecule has 0 amide bonds. The van der Waals surface area contributed by atoms with Gasteiger partial charge < -0.3 is 10.1 Å². The third kappa shape index (κ3) is 4.33. The minimum Gasteiger partial charge on any atom is -0.383 e. The normalized spacial score (nSPS) is 12.8. The van der Waals surface area contributed by atoms with Crippen molar-refractivity contribution < 1.29 is 4.74 Å². The maximum atomic E-state index is 5.06. The van der Waals surface area contributed by atoms with E-state index in [1.165, 1.54) is 11.1 Å². The minimum atomic E-state index is 0.388. The molecule has 0 aliphatic rings. The molecule has 0 heterocycles. The minimum absolute atomic E-state index is 0.388. The fourth-order valence-corrected chi connectivity index (χ4v) is 1.66. The fraction of sp³-hybridized carbons (Fsp3) is 0.500. The lowest BCUT2D eigenvalue weighted by molar-refractivity contribution is 0.171. The van der Waals surface area contributed by atoms with Crippen LogP contribution in [0.25, 0.3) is 0 Å². The summed E-state index contributed by atoms with van der Waals surface area (Å²) < 4.78 is 6.23. The van der Waals surface area contributed by atoms with Gasteiger partial charge >= 0.3 is 0 Å². The lowest BCUT2D eigenvalue weighted by Gasteiger charge is -2.13. The monoisotopic (exact) mass is 271 g/mol. The number of halogens is 1. The Balaban J connectivity index is 2.47. The average Bonchev–Trinajstić information content (AvgIpc) is 2.20. The molecule has 0 saturated carbocycles. The number of ether oxygens (including phenoxy) is 1. The topological polar surface area (TPSA) is 21.3 Å². The van der Waals surface area contributed by atoms with Gasteiger partial charge in [-0.25, -0.2) is 0 Å². The molecule has 0 bridgehead atoms. The Labute approximate surface area is 100 Å². The first-order valence-corrected chi connectivity index (χ1v) is 5.90. The third-order valence-corrected chi connectivity index (χ3v) is 3.18. The molecular formula is C12H18BrNO. The van der Waals surface area contributed by atoms with E-state index in [9.17, 15) is 0 Å². The number of hydrogen-bond acceptors (Lipinski definition) is 2. The smallest absolute Gasteiger partial charge is 0.0613 e. The second-order valence-corrected chi connectivity index (χ2v) is 4.68. The molecule has 15 heavy (non-hydrogen) atoms. The van der Waals surface area contributed by atoms with E-state index >= 15 is 0 Å². The summed E-state index contributed by atoms with van der Waals surface area (Å²) in [6, 6.07) is 6.80. The van der Waals surface area contributed by atoms with Crippen LogP contribution in [-0.4, -0.2) is 19.8 Å². The number of rotatable bonds is 5. The summed E-state index contributed by atoms with van der Waals surface area (Å²) in [4.78, 5) is 0. The quantitative estimate of drug-likeness (QED) is 0.890. The Morgan fingerprint density at radius 2 is 2.20 bits per heavy atom. The van der Waals surface area contributed by atoms with Crippen LogP contribution in [0, 0.1) is 6.92 Å². The highest BCUT2D eigenvalue weighted by Crippen LogP contribution is 2.16. The first kappa shape index (κ1) is 12.7. The molecule has 1 N–H and O–H groups in total. The van der Waals surface area contributed by atoms with Gasteiger partial charge in [0, 0.05) is 24.2 Å². The van der Waals surface area contributed by atoms with Gasteiger partial charge in [-0.2, -0.15) is 0 Å². The molecule has 1 atom stereocenters. The molecule has 0 aromatic heterocycles. The summed E-state index contributed by atoms with van der Waals surface area (Å²) in [6.45, 7) is 5.86. The van der Waals surface area contributed by atoms with Crippen LogP contribution in [0.4, 0.5) is 0 Å². The van der Waals surface area contributed by atoms with Crippen molar-refractivity contribution in [3.63, 3.8) is 0 Å². The zero-order chi connectivity index (χ0) is 11.3. The second kappa shape index (κ2) is 6.26. The van der Waals surface area contributed by atoms with Crippen LogP contribution in [-0.2, 0) is 11.3 Å². The highest BCUT2D eigenvalue weighted by molar-refractivity contribution is 9.10. The highest BCUT2D eigenvalue weighted by atomic mass is 79.9. The Hall–Kier alpha value is -0.380. The third-order valence-electron chi connectivity index (χ3n) is 2.29. The van der Waals surface area contributed by atoms with Gasteiger partial charge in [0.2, 0.25) is 0 Å². The van der Waals surface area contributed by atoms with Crippen LogP contribution >= 0.6 is 15.9 Å². The molecule has 2 nitrogen and oxygen atoms in total. The molecule has 0 saturated heterocycles. The second-order valence-electron chi connectivity index (χ2n) is 3.82. The summed E-state index contributed by atoms with van der Waals surface area (Å²) in [5, 5.41) is 3.41. The number of hydrogen-bond donors (Lipinski definition) is 1. The van der Waals surface area contributed by atoms with E-state index in [0.29, 0.717) is 6.04 Å². The van der Waals surface area contributed by atoms with Crippen molar-refractivity contribution >= 4 is 15.9 Å². The van der Waals surface area contributed by atoms with Gasteiger partial charge in [0.1, 0.15) is 0 Å². The Kier molecular flexibility index (Phi) is 5.29. The zero-order valence-corrected chi connectivity index (χ0v) is 11.1. The predicted molar refractivity (Wildman–Crippen MR) is 67.1 cm³/mol. The van der Waals surface area contributed by atoms with E-state index in [0.717, 1.165) is 17.6 Å². The molecular weight excluding hydrogens is 254 g/mol. The Morgan fingerprint density at radius 1 is 1.47 bits per heavy atom. The van der Waals surface area contributed by atoms with Crippen LogP contribution in [0.5, 0.6) is 0 Å². The summed E-state index contributed by atoms with van der Waals surface area (Å²) in [6.07, 6.45) is 0. The summed E-state index contributed by atoms with van der Waals surface area (Å²) in [7, 11) is 1.72.